The molecule has 2 rings (SSSR count). The summed E-state index contributed by atoms with van der Waals surface area (Å²) in [5, 5.41) is 0. The number of hydrogen-bond acceptors (Lipinski definition) is 2. The monoisotopic (exact) mass is 279 g/mol. The fourth-order valence-corrected chi connectivity index (χ4v) is 2.25. The summed E-state index contributed by atoms with van der Waals surface area (Å²) in [5.74, 6) is 0. The first kappa shape index (κ1) is 15.2. The molecule has 0 aliphatic rings. The number of nitrogens with zero attached hydrogens (tertiary/aromatic N) is 1. The normalized spacial score (nSPS) is 11.7. The Labute approximate surface area is 126 Å². The molecule has 0 fully saturated rings. The van der Waals surface area contributed by atoms with E-state index in [2.05, 4.69) is 6.92 Å². The number of hydrogen-bond donors (Lipinski definition) is 0. The van der Waals surface area contributed by atoms with Crippen LogP contribution < -0.4 is 0 Å². The van der Waals surface area contributed by atoms with Gasteiger partial charge in [0, 0.05) is 11.1 Å². The van der Waals surface area contributed by atoms with Gasteiger partial charge in [-0.25, -0.2) is 0 Å². The van der Waals surface area contributed by atoms with Crippen LogP contribution in [0.3, 0.4) is 0 Å². The van der Waals surface area contributed by atoms with Crippen molar-refractivity contribution in [1.82, 2.24) is 0 Å². The van der Waals surface area contributed by atoms with Gasteiger partial charge in [0.25, 0.3) is 0 Å². The van der Waals surface area contributed by atoms with Crippen LogP contribution in [-0.2, 0) is 4.79 Å². The van der Waals surface area contributed by atoms with E-state index < -0.39 is 0 Å². The summed E-state index contributed by atoms with van der Waals surface area (Å²) in [6, 6.07) is 19.8. The second-order valence-electron chi connectivity index (χ2n) is 5.06. The van der Waals surface area contributed by atoms with Crippen molar-refractivity contribution in [3.63, 3.8) is 0 Å². The number of aliphatic imine (C=N–C) groups is 1. The Balaban J connectivity index is 2.38. The van der Waals surface area contributed by atoms with Crippen molar-refractivity contribution in [3.05, 3.63) is 71.8 Å². The molecule has 21 heavy (non-hydrogen) atoms. The van der Waals surface area contributed by atoms with Gasteiger partial charge in [-0.15, -0.1) is 0 Å². The van der Waals surface area contributed by atoms with E-state index in [9.17, 15) is 4.79 Å². The molecule has 2 aromatic rings. The smallest absolute Gasteiger partial charge is 0.144 e. The maximum atomic E-state index is 11.3. The number of rotatable bonds is 7. The van der Waals surface area contributed by atoms with Crippen molar-refractivity contribution in [2.24, 2.45) is 4.99 Å². The minimum Gasteiger partial charge on any atom is -0.301 e. The third-order valence-electron chi connectivity index (χ3n) is 3.40. The van der Waals surface area contributed by atoms with Crippen LogP contribution in [0.5, 0.6) is 0 Å². The third kappa shape index (κ3) is 4.38. The van der Waals surface area contributed by atoms with Crippen LogP contribution in [-0.4, -0.2) is 18.0 Å². The molecule has 1 unspecified atom stereocenters. The molecule has 0 aliphatic heterocycles. The molecule has 0 bridgehead atoms. The van der Waals surface area contributed by atoms with E-state index in [1.807, 2.05) is 60.7 Å². The lowest BCUT2D eigenvalue weighted by molar-refractivity contribution is -0.108. The fraction of sp³-hybridized carbons (Fsp3) is 0.263. The quantitative estimate of drug-likeness (QED) is 0.549. The van der Waals surface area contributed by atoms with Crippen molar-refractivity contribution in [1.29, 1.82) is 0 Å². The molecule has 0 saturated carbocycles. The summed E-state index contributed by atoms with van der Waals surface area (Å²) in [7, 11) is 0. The number of benzene rings is 2. The van der Waals surface area contributed by atoms with Crippen molar-refractivity contribution in [2.75, 3.05) is 0 Å². The lowest BCUT2D eigenvalue weighted by Crippen LogP contribution is -2.13. The molecule has 2 nitrogen and oxygen atoms in total. The van der Waals surface area contributed by atoms with Crippen LogP contribution in [0.15, 0.2) is 65.7 Å². The molecular formula is C19H21NO. The molecule has 108 valence electrons. The molecule has 0 radical (unpaired) electrons. The molecule has 0 spiro atoms. The van der Waals surface area contributed by atoms with E-state index >= 15 is 0 Å². The lowest BCUT2D eigenvalue weighted by atomic mass is 10.0. The summed E-state index contributed by atoms with van der Waals surface area (Å²) in [6.45, 7) is 2.13. The molecule has 2 heteroatoms. The van der Waals surface area contributed by atoms with Crippen LogP contribution >= 0.6 is 0 Å². The van der Waals surface area contributed by atoms with Crippen molar-refractivity contribution in [2.45, 2.75) is 32.2 Å². The first-order valence-electron chi connectivity index (χ1n) is 7.49. The molecule has 0 heterocycles. The topological polar surface area (TPSA) is 29.4 Å². The van der Waals surface area contributed by atoms with Crippen molar-refractivity contribution >= 4 is 12.0 Å². The van der Waals surface area contributed by atoms with Gasteiger partial charge in [-0.2, -0.15) is 0 Å². The predicted molar refractivity (Wildman–Crippen MR) is 87.9 cm³/mol. The largest absolute Gasteiger partial charge is 0.301 e. The average Bonchev–Trinajstić information content (AvgIpc) is 2.57. The van der Waals surface area contributed by atoms with Gasteiger partial charge < -0.3 is 4.79 Å². The zero-order chi connectivity index (χ0) is 14.9. The Morgan fingerprint density at radius 1 is 1.00 bits per heavy atom. The Morgan fingerprint density at radius 2 is 1.52 bits per heavy atom. The second kappa shape index (κ2) is 8.15. The Bertz CT molecular complexity index is 534. The van der Waals surface area contributed by atoms with Crippen LogP contribution in [0.2, 0.25) is 0 Å². The van der Waals surface area contributed by atoms with Crippen LogP contribution in [0.1, 0.15) is 37.3 Å². The Morgan fingerprint density at radius 3 is 1.95 bits per heavy atom. The van der Waals surface area contributed by atoms with E-state index in [1.165, 1.54) is 0 Å². The standard InChI is InChI=1S/C19H21NO/c1-2-3-14-18(15-21)20-19(16-10-6-4-7-11-16)17-12-8-5-9-13-17/h4-13,15,18H,2-3,14H2,1H3. The van der Waals surface area contributed by atoms with Gasteiger partial charge in [0.15, 0.2) is 0 Å². The molecule has 0 aliphatic carbocycles. The minimum absolute atomic E-state index is 0.264. The fourth-order valence-electron chi connectivity index (χ4n) is 2.25. The SMILES string of the molecule is CCCCC(C=O)N=C(c1ccccc1)c1ccccc1. The highest BCUT2D eigenvalue weighted by molar-refractivity contribution is 6.13. The summed E-state index contributed by atoms with van der Waals surface area (Å²) >= 11 is 0. The molecular weight excluding hydrogens is 258 g/mol. The second-order valence-corrected chi connectivity index (χ2v) is 5.06. The Hall–Kier alpha value is -2.22. The Kier molecular flexibility index (Phi) is 5.89. The van der Waals surface area contributed by atoms with E-state index in [0.29, 0.717) is 0 Å². The summed E-state index contributed by atoms with van der Waals surface area (Å²) in [4.78, 5) is 16.0. The van der Waals surface area contributed by atoms with Crippen molar-refractivity contribution < 1.29 is 4.79 Å². The minimum atomic E-state index is -0.264. The zero-order valence-corrected chi connectivity index (χ0v) is 12.4. The first-order valence-corrected chi connectivity index (χ1v) is 7.49. The number of aldehydes is 1. The van der Waals surface area contributed by atoms with Gasteiger partial charge in [-0.3, -0.25) is 4.99 Å². The number of carbonyl (C=O) groups excluding carboxylic acids is 1. The number of carbonyl (C=O) groups is 1. The highest BCUT2D eigenvalue weighted by atomic mass is 16.1. The lowest BCUT2D eigenvalue weighted by Gasteiger charge is -2.11. The molecule has 1 atom stereocenters. The molecule has 2 aromatic carbocycles. The van der Waals surface area contributed by atoms with E-state index in [-0.39, 0.29) is 6.04 Å². The summed E-state index contributed by atoms with van der Waals surface area (Å²) in [6.07, 6.45) is 3.86. The summed E-state index contributed by atoms with van der Waals surface area (Å²) < 4.78 is 0. The van der Waals surface area contributed by atoms with E-state index in [0.717, 1.165) is 42.4 Å². The van der Waals surface area contributed by atoms with Gasteiger partial charge >= 0.3 is 0 Å². The van der Waals surface area contributed by atoms with Crippen LogP contribution in [0.4, 0.5) is 0 Å². The van der Waals surface area contributed by atoms with Crippen molar-refractivity contribution in [3.8, 4) is 0 Å². The molecule has 0 saturated heterocycles. The highest BCUT2D eigenvalue weighted by Gasteiger charge is 2.10. The molecule has 0 N–H and O–H groups in total. The van der Waals surface area contributed by atoms with Gasteiger partial charge in [-0.05, 0) is 6.42 Å². The van der Waals surface area contributed by atoms with Gasteiger partial charge in [-0.1, -0.05) is 80.4 Å². The zero-order valence-electron chi connectivity index (χ0n) is 12.4. The average molecular weight is 279 g/mol. The van der Waals surface area contributed by atoms with Gasteiger partial charge in [0.2, 0.25) is 0 Å². The first-order chi connectivity index (χ1) is 10.3. The summed E-state index contributed by atoms with van der Waals surface area (Å²) in [5.41, 5.74) is 2.99. The predicted octanol–water partition coefficient (Wildman–Crippen LogP) is 4.28. The highest BCUT2D eigenvalue weighted by Crippen LogP contribution is 2.13. The number of unbranched alkanes of at least 4 members (excludes halogenated alkanes) is 1. The maximum Gasteiger partial charge on any atom is 0.144 e. The molecule has 0 aromatic heterocycles. The van der Waals surface area contributed by atoms with Crippen LogP contribution in [0, 0.1) is 0 Å². The van der Waals surface area contributed by atoms with E-state index in [1.54, 1.807) is 0 Å². The third-order valence-corrected chi connectivity index (χ3v) is 3.40. The van der Waals surface area contributed by atoms with E-state index in [4.69, 9.17) is 4.99 Å². The maximum absolute atomic E-state index is 11.3. The molecule has 0 amide bonds. The van der Waals surface area contributed by atoms with Gasteiger partial charge in [0.05, 0.1) is 5.71 Å². The van der Waals surface area contributed by atoms with Gasteiger partial charge in [0.1, 0.15) is 12.3 Å². The van der Waals surface area contributed by atoms with Crippen LogP contribution in [0.25, 0.3) is 0 Å².